The van der Waals surface area contributed by atoms with Gasteiger partial charge in [-0.05, 0) is 50.7 Å². The summed E-state index contributed by atoms with van der Waals surface area (Å²) in [5, 5.41) is 17.5. The highest BCUT2D eigenvalue weighted by Crippen LogP contribution is 2.23. The van der Waals surface area contributed by atoms with Gasteiger partial charge >= 0.3 is 11.9 Å². The van der Waals surface area contributed by atoms with Crippen LogP contribution < -0.4 is 0 Å². The Morgan fingerprint density at radius 3 is 2.00 bits per heavy atom. The van der Waals surface area contributed by atoms with Gasteiger partial charge in [-0.2, -0.15) is 0 Å². The van der Waals surface area contributed by atoms with E-state index in [1.165, 1.54) is 12.1 Å². The fourth-order valence-electron chi connectivity index (χ4n) is 0.901. The molecule has 0 bridgehead atoms. The average molecular weight is 371 g/mol. The van der Waals surface area contributed by atoms with Crippen LogP contribution in [-0.2, 0) is 0 Å². The number of benzene rings is 1. The largest absolute Gasteiger partial charge is 0.478 e. The maximum absolute atomic E-state index is 10.7. The maximum atomic E-state index is 10.7. The Hall–Kier alpha value is -0.630. The molecule has 0 aliphatic rings. The zero-order valence-electron chi connectivity index (χ0n) is 6.62. The van der Waals surface area contributed by atoms with Crippen molar-refractivity contribution in [2.24, 2.45) is 0 Å². The third-order valence-corrected chi connectivity index (χ3v) is 3.81. The molecule has 0 fully saturated rings. The Bertz CT molecular complexity index is 377. The molecule has 0 atom stereocenters. The van der Waals surface area contributed by atoms with Gasteiger partial charge in [0.15, 0.2) is 0 Å². The number of hydrogen-bond acceptors (Lipinski definition) is 2. The van der Waals surface area contributed by atoms with E-state index in [9.17, 15) is 9.59 Å². The lowest BCUT2D eigenvalue weighted by molar-refractivity contribution is 0.0651. The molecule has 74 valence electrons. The zero-order chi connectivity index (χ0) is 10.9. The topological polar surface area (TPSA) is 74.6 Å². The first-order valence-corrected chi connectivity index (χ1v) is 5.26. The summed E-state index contributed by atoms with van der Waals surface area (Å²) in [5.41, 5.74) is -0.421. The van der Waals surface area contributed by atoms with E-state index in [2.05, 4.69) is 15.9 Å². The quantitative estimate of drug-likeness (QED) is 0.784. The highest BCUT2D eigenvalue weighted by molar-refractivity contribution is 14.1. The summed E-state index contributed by atoms with van der Waals surface area (Å²) in [6.07, 6.45) is 0. The van der Waals surface area contributed by atoms with Crippen LogP contribution in [0.4, 0.5) is 0 Å². The van der Waals surface area contributed by atoms with E-state index in [4.69, 9.17) is 10.2 Å². The number of carboxylic acids is 2. The Morgan fingerprint density at radius 1 is 1.14 bits per heavy atom. The Labute approximate surface area is 101 Å². The van der Waals surface area contributed by atoms with Crippen molar-refractivity contribution in [3.63, 3.8) is 0 Å². The van der Waals surface area contributed by atoms with Crippen LogP contribution >= 0.6 is 38.5 Å². The van der Waals surface area contributed by atoms with E-state index in [0.717, 1.165) is 0 Å². The lowest BCUT2D eigenvalue weighted by Crippen LogP contribution is -2.08. The van der Waals surface area contributed by atoms with E-state index < -0.39 is 11.9 Å². The highest BCUT2D eigenvalue weighted by Gasteiger charge is 2.17. The second-order valence-corrected chi connectivity index (χ2v) is 4.44. The lowest BCUT2D eigenvalue weighted by Gasteiger charge is -2.03. The molecule has 0 saturated carbocycles. The van der Waals surface area contributed by atoms with Gasteiger partial charge in [-0.25, -0.2) is 9.59 Å². The summed E-state index contributed by atoms with van der Waals surface area (Å²) < 4.78 is 1.23. The molecule has 14 heavy (non-hydrogen) atoms. The predicted octanol–water partition coefficient (Wildman–Crippen LogP) is 2.45. The van der Waals surface area contributed by atoms with Gasteiger partial charge in [-0.3, -0.25) is 0 Å². The molecule has 0 aliphatic heterocycles. The molecule has 0 amide bonds. The maximum Gasteiger partial charge on any atom is 0.336 e. The van der Waals surface area contributed by atoms with Crippen molar-refractivity contribution in [3.05, 3.63) is 31.3 Å². The molecule has 1 aromatic rings. The van der Waals surface area contributed by atoms with E-state index in [1.807, 2.05) is 22.6 Å². The van der Waals surface area contributed by atoms with Crippen LogP contribution in [0.2, 0.25) is 0 Å². The smallest absolute Gasteiger partial charge is 0.336 e. The first-order valence-electron chi connectivity index (χ1n) is 3.39. The summed E-state index contributed by atoms with van der Waals surface area (Å²) >= 11 is 5.05. The van der Waals surface area contributed by atoms with Crippen LogP contribution in [0.5, 0.6) is 0 Å². The molecular weight excluding hydrogens is 367 g/mol. The first-order chi connectivity index (χ1) is 6.43. The van der Waals surface area contributed by atoms with Gasteiger partial charge in [-0.15, -0.1) is 0 Å². The monoisotopic (exact) mass is 370 g/mol. The first kappa shape index (κ1) is 11.4. The van der Waals surface area contributed by atoms with Gasteiger partial charge in [0.05, 0.1) is 11.1 Å². The van der Waals surface area contributed by atoms with Crippen molar-refractivity contribution in [2.75, 3.05) is 0 Å². The summed E-state index contributed by atoms with van der Waals surface area (Å²) in [6.45, 7) is 0. The minimum Gasteiger partial charge on any atom is -0.478 e. The van der Waals surface area contributed by atoms with Gasteiger partial charge < -0.3 is 10.2 Å². The zero-order valence-corrected chi connectivity index (χ0v) is 10.4. The number of hydrogen-bond donors (Lipinski definition) is 2. The van der Waals surface area contributed by atoms with Crippen molar-refractivity contribution >= 4 is 50.5 Å². The number of rotatable bonds is 2. The highest BCUT2D eigenvalue weighted by atomic mass is 127. The number of carboxylic acid groups (broad SMARTS) is 2. The fourth-order valence-corrected chi connectivity index (χ4v) is 1.71. The molecule has 0 unspecified atom stereocenters. The molecule has 0 saturated heterocycles. The van der Waals surface area contributed by atoms with E-state index in [-0.39, 0.29) is 11.1 Å². The molecule has 0 heterocycles. The second kappa shape index (κ2) is 4.26. The number of aromatic carboxylic acids is 2. The SMILES string of the molecule is O=C(O)c1cc(Br)c(I)cc1C(=O)O. The van der Waals surface area contributed by atoms with Crippen LogP contribution in [0, 0.1) is 3.57 Å². The molecular formula is C8H4BrIO4. The van der Waals surface area contributed by atoms with Crippen LogP contribution in [0.25, 0.3) is 0 Å². The molecule has 0 spiro atoms. The van der Waals surface area contributed by atoms with E-state index in [0.29, 0.717) is 8.04 Å². The Balaban J connectivity index is 3.46. The molecule has 0 radical (unpaired) electrons. The van der Waals surface area contributed by atoms with Crippen LogP contribution in [0.3, 0.4) is 0 Å². The van der Waals surface area contributed by atoms with Gasteiger partial charge in [-0.1, -0.05) is 0 Å². The summed E-state index contributed by atoms with van der Waals surface area (Å²) in [4.78, 5) is 21.4. The minimum absolute atomic E-state index is 0.204. The van der Waals surface area contributed by atoms with Crippen LogP contribution in [-0.4, -0.2) is 22.2 Å². The number of halogens is 2. The molecule has 0 aromatic heterocycles. The molecule has 6 heteroatoms. The van der Waals surface area contributed by atoms with Crippen molar-refractivity contribution in [1.82, 2.24) is 0 Å². The average Bonchev–Trinajstić information content (AvgIpc) is 2.08. The molecule has 2 N–H and O–H groups in total. The van der Waals surface area contributed by atoms with Gasteiger partial charge in [0.2, 0.25) is 0 Å². The molecule has 4 nitrogen and oxygen atoms in total. The van der Waals surface area contributed by atoms with Gasteiger partial charge in [0.25, 0.3) is 0 Å². The third-order valence-electron chi connectivity index (χ3n) is 1.52. The van der Waals surface area contributed by atoms with Crippen molar-refractivity contribution in [3.8, 4) is 0 Å². The van der Waals surface area contributed by atoms with E-state index >= 15 is 0 Å². The standard InChI is InChI=1S/C8H4BrIO4/c9-5-1-3(7(11)12)4(8(13)14)2-6(5)10/h1-2H,(H,11,12)(H,13,14). The van der Waals surface area contributed by atoms with Crippen LogP contribution in [0.15, 0.2) is 16.6 Å². The minimum atomic E-state index is -1.25. The fraction of sp³-hybridized carbons (Fsp3) is 0. The normalized spacial score (nSPS) is 9.86. The Morgan fingerprint density at radius 2 is 1.57 bits per heavy atom. The van der Waals surface area contributed by atoms with Crippen molar-refractivity contribution in [1.29, 1.82) is 0 Å². The second-order valence-electron chi connectivity index (χ2n) is 2.42. The van der Waals surface area contributed by atoms with Crippen molar-refractivity contribution < 1.29 is 19.8 Å². The summed E-state index contributed by atoms with van der Waals surface area (Å²) in [7, 11) is 0. The molecule has 1 aromatic carbocycles. The van der Waals surface area contributed by atoms with Crippen LogP contribution in [0.1, 0.15) is 20.7 Å². The van der Waals surface area contributed by atoms with Gasteiger partial charge in [0.1, 0.15) is 0 Å². The van der Waals surface area contributed by atoms with Crippen molar-refractivity contribution in [2.45, 2.75) is 0 Å². The van der Waals surface area contributed by atoms with E-state index in [1.54, 1.807) is 0 Å². The molecule has 0 aliphatic carbocycles. The third kappa shape index (κ3) is 2.24. The molecule has 1 rings (SSSR count). The summed E-state index contributed by atoms with van der Waals surface area (Å²) in [6, 6.07) is 2.60. The number of carbonyl (C=O) groups is 2. The predicted molar refractivity (Wildman–Crippen MR) is 60.8 cm³/mol. The van der Waals surface area contributed by atoms with Gasteiger partial charge in [0, 0.05) is 8.04 Å². The Kier molecular flexibility index (Phi) is 3.48. The summed E-state index contributed by atoms with van der Waals surface area (Å²) in [5.74, 6) is -2.49. The lowest BCUT2D eigenvalue weighted by atomic mass is 10.1.